The van der Waals surface area contributed by atoms with E-state index in [1.54, 1.807) is 0 Å². The Hall–Kier alpha value is -7.32. The lowest BCUT2D eigenvalue weighted by molar-refractivity contribution is -0.668. The number of aryl methyl sites for hydroxylation is 2. The predicted molar refractivity (Wildman–Crippen MR) is 281 cm³/mol. The van der Waals surface area contributed by atoms with Crippen molar-refractivity contribution in [2.45, 2.75) is 82.7 Å². The fourth-order valence-corrected chi connectivity index (χ4v) is 11.6. The highest BCUT2D eigenvalue weighted by molar-refractivity contribution is 6.10. The summed E-state index contributed by atoms with van der Waals surface area (Å²) in [6.07, 6.45) is 24.6. The molecule has 0 spiro atoms. The molecular formula is C61H62N6O2+4. The van der Waals surface area contributed by atoms with E-state index in [0.29, 0.717) is 11.8 Å². The Morgan fingerprint density at radius 2 is 0.942 bits per heavy atom. The van der Waals surface area contributed by atoms with Crippen LogP contribution in [0.1, 0.15) is 92.5 Å². The van der Waals surface area contributed by atoms with Gasteiger partial charge in [0.05, 0.1) is 51.7 Å². The number of hydrogen-bond donors (Lipinski definition) is 0. The van der Waals surface area contributed by atoms with Crippen LogP contribution in [0, 0.1) is 0 Å². The molecule has 2 unspecified atom stereocenters. The van der Waals surface area contributed by atoms with Gasteiger partial charge in [-0.3, -0.25) is 9.15 Å². The molecule has 69 heavy (non-hydrogen) atoms. The first kappa shape index (κ1) is 43.0. The molecule has 6 heterocycles. The van der Waals surface area contributed by atoms with Gasteiger partial charge in [0.15, 0.2) is 13.1 Å². The van der Waals surface area contributed by atoms with Crippen LogP contribution in [-0.2, 0) is 13.1 Å². The van der Waals surface area contributed by atoms with Crippen molar-refractivity contribution in [3.8, 4) is 0 Å². The largest absolute Gasteiger partial charge is 0.397 e. The van der Waals surface area contributed by atoms with E-state index in [1.165, 1.54) is 98.3 Å². The highest BCUT2D eigenvalue weighted by Crippen LogP contribution is 2.40. The molecule has 12 rings (SSSR count). The maximum absolute atomic E-state index is 6.69. The van der Waals surface area contributed by atoms with E-state index in [1.807, 2.05) is 0 Å². The second-order valence-corrected chi connectivity index (χ2v) is 19.8. The van der Waals surface area contributed by atoms with Crippen molar-refractivity contribution in [2.75, 3.05) is 38.0 Å². The summed E-state index contributed by atoms with van der Waals surface area (Å²) in [4.78, 5) is 4.75. The van der Waals surface area contributed by atoms with Crippen LogP contribution in [0.2, 0.25) is 0 Å². The predicted octanol–water partition coefficient (Wildman–Crippen LogP) is 12.6. The van der Waals surface area contributed by atoms with Gasteiger partial charge in [-0.15, -0.1) is 0 Å². The second-order valence-electron chi connectivity index (χ2n) is 19.8. The Morgan fingerprint density at radius 3 is 1.41 bits per heavy atom. The minimum Gasteiger partial charge on any atom is -0.397 e. The Bertz CT molecular complexity index is 3280. The van der Waals surface area contributed by atoms with Gasteiger partial charge in [-0.2, -0.15) is 9.13 Å². The standard InChI is InChI=1S/C61H62N6O2/c1-62(2)56(40-46-34-38-66-54-30-28-42-20-10-12-24-50(42)58(54)68-60(46)66)64-36-32-44(48-22-14-16-26-52(48)64)18-8-6-5-7-9-19-45-33-37-65(53-27-17-15-23-49(45)53)57(63(3)4)41-47-35-39-67-55-31-29-43-21-11-13-25-51(43)59(55)69-61(47)67/h10-17,20-33,36-37,40-41,44-45H,5-9,18-19,34-35,38-39H2,1-4H3/q+4. The number of allylic oxidation sites excluding steroid dienone is 4. The normalized spacial score (nSPS) is 18.2. The molecule has 2 aromatic heterocycles. The maximum Gasteiger partial charge on any atom is 0.377 e. The van der Waals surface area contributed by atoms with Crippen molar-refractivity contribution in [3.63, 3.8) is 0 Å². The summed E-state index contributed by atoms with van der Waals surface area (Å²) < 4.78 is 22.6. The van der Waals surface area contributed by atoms with E-state index in [4.69, 9.17) is 8.83 Å². The minimum atomic E-state index is 0.408. The van der Waals surface area contributed by atoms with Crippen LogP contribution in [0.25, 0.3) is 54.9 Å². The Kier molecular flexibility index (Phi) is 11.2. The molecular weight excluding hydrogens is 849 g/mol. The summed E-state index contributed by atoms with van der Waals surface area (Å²) in [5.74, 6) is 5.04. The van der Waals surface area contributed by atoms with Gasteiger partial charge >= 0.3 is 11.8 Å². The van der Waals surface area contributed by atoms with E-state index < -0.39 is 0 Å². The number of fused-ring (bicyclic) bond motifs is 12. The van der Waals surface area contributed by atoms with Crippen LogP contribution < -0.4 is 18.9 Å². The van der Waals surface area contributed by atoms with Crippen LogP contribution in [0.4, 0.5) is 11.4 Å². The van der Waals surface area contributed by atoms with E-state index in [2.05, 4.69) is 214 Å². The summed E-state index contributed by atoms with van der Waals surface area (Å²) >= 11 is 0. The number of para-hydroxylation sites is 2. The zero-order valence-electron chi connectivity index (χ0n) is 40.4. The van der Waals surface area contributed by atoms with E-state index in [-0.39, 0.29) is 0 Å². The topological polar surface area (TPSA) is 46.5 Å². The highest BCUT2D eigenvalue weighted by atomic mass is 16.4. The molecule has 6 aromatic carbocycles. The van der Waals surface area contributed by atoms with Crippen LogP contribution in [-0.4, -0.2) is 49.0 Å². The zero-order chi connectivity index (χ0) is 46.6. The lowest BCUT2D eigenvalue weighted by Crippen LogP contribution is -2.33. The molecule has 0 saturated carbocycles. The van der Waals surface area contributed by atoms with E-state index in [0.717, 1.165) is 73.4 Å². The molecule has 344 valence electrons. The second kappa shape index (κ2) is 18.0. The van der Waals surface area contributed by atoms with Gasteiger partial charge in [0.1, 0.15) is 11.4 Å². The van der Waals surface area contributed by atoms with Gasteiger partial charge in [0, 0.05) is 70.9 Å². The molecule has 8 aromatic rings. The lowest BCUT2D eigenvalue weighted by Gasteiger charge is -2.26. The summed E-state index contributed by atoms with van der Waals surface area (Å²) in [5, 5.41) is 4.75. The van der Waals surface area contributed by atoms with Gasteiger partial charge < -0.3 is 8.83 Å². The molecule has 0 amide bonds. The van der Waals surface area contributed by atoms with Crippen molar-refractivity contribution < 1.29 is 27.1 Å². The van der Waals surface area contributed by atoms with Crippen LogP contribution in [0.15, 0.2) is 167 Å². The van der Waals surface area contributed by atoms with Crippen molar-refractivity contribution >= 4 is 77.9 Å². The Morgan fingerprint density at radius 1 is 0.522 bits per heavy atom. The number of nitrogens with zero attached hydrogens (tertiary/aromatic N) is 6. The third kappa shape index (κ3) is 7.70. The summed E-state index contributed by atoms with van der Waals surface area (Å²) in [7, 11) is 8.59. The van der Waals surface area contributed by atoms with Gasteiger partial charge in [-0.1, -0.05) is 117 Å². The van der Waals surface area contributed by atoms with E-state index in [9.17, 15) is 0 Å². The number of unbranched alkanes of at least 4 members (excludes halogenated alkanes) is 4. The first-order valence-electron chi connectivity index (χ1n) is 25.2. The maximum atomic E-state index is 6.69. The van der Waals surface area contributed by atoms with Crippen LogP contribution in [0.5, 0.6) is 0 Å². The number of aromatic nitrogens is 2. The quantitative estimate of drug-likeness (QED) is 0.0594. The van der Waals surface area contributed by atoms with Crippen molar-refractivity contribution in [1.29, 1.82) is 0 Å². The number of rotatable bonds is 10. The average molecular weight is 911 g/mol. The number of benzene rings is 6. The average Bonchev–Trinajstić information content (AvgIpc) is 4.16. The molecule has 8 nitrogen and oxygen atoms in total. The molecule has 0 fully saturated rings. The minimum absolute atomic E-state index is 0.408. The third-order valence-corrected chi connectivity index (χ3v) is 15.1. The summed E-state index contributed by atoms with van der Waals surface area (Å²) in [6, 6.07) is 43.9. The smallest absolute Gasteiger partial charge is 0.377 e. The third-order valence-electron chi connectivity index (χ3n) is 15.1. The molecule has 2 atom stereocenters. The molecule has 4 aliphatic rings. The first-order chi connectivity index (χ1) is 33.9. The summed E-state index contributed by atoms with van der Waals surface area (Å²) in [6.45, 7) is 1.85. The summed E-state index contributed by atoms with van der Waals surface area (Å²) in [5.41, 5.74) is 12.1. The first-order valence-corrected chi connectivity index (χ1v) is 25.2. The lowest BCUT2D eigenvalue weighted by atomic mass is 9.88. The fraction of sp³-hybridized carbons (Fsp3) is 0.279. The number of hydrogen-bond acceptors (Lipinski definition) is 2. The van der Waals surface area contributed by atoms with E-state index >= 15 is 0 Å². The van der Waals surface area contributed by atoms with Gasteiger partial charge in [0.2, 0.25) is 11.2 Å². The van der Waals surface area contributed by atoms with Gasteiger partial charge in [0.25, 0.3) is 22.7 Å². The molecule has 0 N–H and O–H groups in total. The molecule has 8 heteroatoms. The number of anilines is 2. The SMILES string of the molecule is C[N+](C)=C(C=C1CC[n+]2c1oc1c3ccccc3ccc12)N1C=CC(CCCCCCCC2C=CN(C(C=C3CC[n+]4c3oc3c5ccccc5ccc34)=[N+](C)C)c3ccccc32)c2ccccc21. The van der Waals surface area contributed by atoms with Gasteiger partial charge in [-0.05, 0) is 60.0 Å². The monoisotopic (exact) mass is 910 g/mol. The van der Waals surface area contributed by atoms with Crippen molar-refractivity contribution in [1.82, 2.24) is 0 Å². The number of amidine groups is 2. The Balaban J connectivity index is 0.676. The zero-order valence-corrected chi connectivity index (χ0v) is 40.4. The van der Waals surface area contributed by atoms with Gasteiger partial charge in [-0.25, -0.2) is 9.80 Å². The molecule has 0 saturated heterocycles. The molecule has 0 aliphatic carbocycles. The molecule has 4 aliphatic heterocycles. The molecule has 0 radical (unpaired) electrons. The highest BCUT2D eigenvalue weighted by Gasteiger charge is 2.38. The van der Waals surface area contributed by atoms with Crippen molar-refractivity contribution in [2.24, 2.45) is 0 Å². The Labute approximate surface area is 405 Å². The van der Waals surface area contributed by atoms with Crippen molar-refractivity contribution in [3.05, 3.63) is 181 Å². The van der Waals surface area contributed by atoms with Crippen LogP contribution >= 0.6 is 0 Å². The van der Waals surface area contributed by atoms with Crippen LogP contribution in [0.3, 0.4) is 0 Å². The number of oxazole rings is 2. The fourth-order valence-electron chi connectivity index (χ4n) is 11.6. The molecule has 0 bridgehead atoms.